The largest absolute Gasteiger partial charge is 0.344 e. The van der Waals surface area contributed by atoms with Gasteiger partial charge in [0.15, 0.2) is 0 Å². The van der Waals surface area contributed by atoms with Crippen LogP contribution in [0.2, 0.25) is 0 Å². The van der Waals surface area contributed by atoms with Crippen molar-refractivity contribution in [3.63, 3.8) is 0 Å². The van der Waals surface area contributed by atoms with Crippen molar-refractivity contribution in [3.05, 3.63) is 35.9 Å². The topological polar surface area (TPSA) is 69.7 Å². The second-order valence-electron chi connectivity index (χ2n) is 6.90. The number of hydrogen-bond acceptors (Lipinski definition) is 3. The summed E-state index contributed by atoms with van der Waals surface area (Å²) in [6, 6.07) is 9.42. The van der Waals surface area contributed by atoms with Gasteiger partial charge in [-0.25, -0.2) is 0 Å². The molecule has 2 heterocycles. The van der Waals surface area contributed by atoms with Crippen molar-refractivity contribution in [2.24, 2.45) is 5.92 Å². The summed E-state index contributed by atoms with van der Waals surface area (Å²) in [4.78, 5) is 40.1. The average molecular weight is 343 g/mol. The Hall–Kier alpha value is -2.37. The molecule has 0 unspecified atom stereocenters. The smallest absolute Gasteiger partial charge is 0.245 e. The van der Waals surface area contributed by atoms with Crippen molar-refractivity contribution in [1.82, 2.24) is 15.1 Å². The first-order valence-electron chi connectivity index (χ1n) is 8.93. The van der Waals surface area contributed by atoms with Crippen LogP contribution in [0.15, 0.2) is 30.3 Å². The van der Waals surface area contributed by atoms with Gasteiger partial charge in [0.05, 0.1) is 5.92 Å². The minimum atomic E-state index is -0.441. The zero-order chi connectivity index (χ0) is 17.8. The lowest BCUT2D eigenvalue weighted by atomic mass is 9.96. The van der Waals surface area contributed by atoms with Gasteiger partial charge in [-0.15, -0.1) is 0 Å². The molecule has 3 rings (SSSR count). The number of amides is 3. The Bertz CT molecular complexity index is 647. The van der Waals surface area contributed by atoms with E-state index in [1.807, 2.05) is 30.3 Å². The molecule has 1 aromatic rings. The molecule has 2 aliphatic heterocycles. The predicted octanol–water partition coefficient (Wildman–Crippen LogP) is 1.16. The zero-order valence-corrected chi connectivity index (χ0v) is 14.6. The van der Waals surface area contributed by atoms with Crippen molar-refractivity contribution in [1.29, 1.82) is 0 Å². The highest BCUT2D eigenvalue weighted by Gasteiger charge is 2.35. The van der Waals surface area contributed by atoms with Gasteiger partial charge in [-0.3, -0.25) is 14.4 Å². The van der Waals surface area contributed by atoms with E-state index >= 15 is 0 Å². The molecule has 6 nitrogen and oxygen atoms in total. The maximum atomic E-state index is 12.5. The number of rotatable bonds is 4. The summed E-state index contributed by atoms with van der Waals surface area (Å²) in [7, 11) is 0. The van der Waals surface area contributed by atoms with Gasteiger partial charge in [0.25, 0.3) is 0 Å². The summed E-state index contributed by atoms with van der Waals surface area (Å²) >= 11 is 0. The van der Waals surface area contributed by atoms with Gasteiger partial charge in [0, 0.05) is 33.1 Å². The minimum absolute atomic E-state index is 0.00322. The van der Waals surface area contributed by atoms with Crippen LogP contribution in [0.3, 0.4) is 0 Å². The van der Waals surface area contributed by atoms with Crippen LogP contribution in [0, 0.1) is 5.92 Å². The van der Waals surface area contributed by atoms with E-state index in [4.69, 9.17) is 0 Å². The van der Waals surface area contributed by atoms with Crippen LogP contribution in [0.25, 0.3) is 0 Å². The molecule has 25 heavy (non-hydrogen) atoms. The van der Waals surface area contributed by atoms with E-state index < -0.39 is 6.04 Å². The van der Waals surface area contributed by atoms with E-state index in [1.54, 1.807) is 9.80 Å². The third kappa shape index (κ3) is 4.18. The van der Waals surface area contributed by atoms with E-state index in [0.29, 0.717) is 32.6 Å². The van der Waals surface area contributed by atoms with E-state index in [0.717, 1.165) is 18.4 Å². The number of hydrogen-bond donors (Lipinski definition) is 1. The van der Waals surface area contributed by atoms with Crippen LogP contribution in [0.5, 0.6) is 0 Å². The maximum Gasteiger partial charge on any atom is 0.245 e. The van der Waals surface area contributed by atoms with Crippen molar-refractivity contribution < 1.29 is 14.4 Å². The number of carbonyl (C=O) groups excluding carboxylic acids is 3. The quantitative estimate of drug-likeness (QED) is 0.892. The number of benzene rings is 1. The number of carbonyl (C=O) groups is 3. The summed E-state index contributed by atoms with van der Waals surface area (Å²) in [6.45, 7) is 3.93. The Balaban J connectivity index is 1.54. The average Bonchev–Trinajstić information content (AvgIpc) is 2.96. The fraction of sp³-hybridized carbons (Fsp3) is 0.526. The van der Waals surface area contributed by atoms with Crippen molar-refractivity contribution in [3.8, 4) is 0 Å². The molecule has 3 amide bonds. The lowest BCUT2D eigenvalue weighted by Crippen LogP contribution is -2.48. The summed E-state index contributed by atoms with van der Waals surface area (Å²) < 4.78 is 0. The SMILES string of the molecule is CC(=O)N1CCC[C@@H](C(=O)N[C@H]2CCN(Cc3ccccc3)C2=O)C1. The van der Waals surface area contributed by atoms with Gasteiger partial charge in [0.1, 0.15) is 6.04 Å². The number of nitrogens with one attached hydrogen (secondary N) is 1. The molecular formula is C19H25N3O3. The lowest BCUT2D eigenvalue weighted by Gasteiger charge is -2.31. The monoisotopic (exact) mass is 343 g/mol. The van der Waals surface area contributed by atoms with E-state index in [1.165, 1.54) is 6.92 Å². The van der Waals surface area contributed by atoms with Crippen LogP contribution in [-0.4, -0.2) is 53.2 Å². The second kappa shape index (κ2) is 7.68. The maximum absolute atomic E-state index is 12.5. The predicted molar refractivity (Wildman–Crippen MR) is 93.4 cm³/mol. The van der Waals surface area contributed by atoms with Crippen LogP contribution in [0.1, 0.15) is 31.7 Å². The first-order chi connectivity index (χ1) is 12.0. The summed E-state index contributed by atoms with van der Waals surface area (Å²) in [5.74, 6) is -0.334. The minimum Gasteiger partial charge on any atom is -0.344 e. The van der Waals surface area contributed by atoms with Gasteiger partial charge < -0.3 is 15.1 Å². The molecule has 0 aromatic heterocycles. The van der Waals surface area contributed by atoms with Gasteiger partial charge >= 0.3 is 0 Å². The Morgan fingerprint density at radius 2 is 1.92 bits per heavy atom. The van der Waals surface area contributed by atoms with E-state index in [9.17, 15) is 14.4 Å². The molecule has 2 atom stereocenters. The van der Waals surface area contributed by atoms with Crippen molar-refractivity contribution in [2.45, 2.75) is 38.8 Å². The van der Waals surface area contributed by atoms with Crippen molar-refractivity contribution >= 4 is 17.7 Å². The van der Waals surface area contributed by atoms with Crippen molar-refractivity contribution in [2.75, 3.05) is 19.6 Å². The van der Waals surface area contributed by atoms with Crippen LogP contribution in [0.4, 0.5) is 0 Å². The molecule has 0 radical (unpaired) electrons. The standard InChI is InChI=1S/C19H25N3O3/c1-14(23)21-10-5-8-16(13-21)18(24)20-17-9-11-22(19(17)25)12-15-6-3-2-4-7-15/h2-4,6-7,16-17H,5,8-13H2,1H3,(H,20,24)/t16-,17+/m1/s1. The lowest BCUT2D eigenvalue weighted by molar-refractivity contribution is -0.137. The molecule has 0 spiro atoms. The van der Waals surface area contributed by atoms with Crippen LogP contribution >= 0.6 is 0 Å². The second-order valence-corrected chi connectivity index (χ2v) is 6.90. The molecule has 134 valence electrons. The number of nitrogens with zero attached hydrogens (tertiary/aromatic N) is 2. The molecule has 6 heteroatoms. The Morgan fingerprint density at radius 3 is 2.64 bits per heavy atom. The first kappa shape index (κ1) is 17.5. The van der Waals surface area contributed by atoms with E-state index in [-0.39, 0.29) is 23.6 Å². The van der Waals surface area contributed by atoms with Gasteiger partial charge in [-0.1, -0.05) is 30.3 Å². The highest BCUT2D eigenvalue weighted by molar-refractivity contribution is 5.90. The van der Waals surface area contributed by atoms with E-state index in [2.05, 4.69) is 5.32 Å². The van der Waals surface area contributed by atoms with Gasteiger partial charge in [-0.05, 0) is 24.8 Å². The van der Waals surface area contributed by atoms with Crippen LogP contribution in [-0.2, 0) is 20.9 Å². The van der Waals surface area contributed by atoms with Crippen LogP contribution < -0.4 is 5.32 Å². The normalized spacial score (nSPS) is 23.6. The molecule has 2 fully saturated rings. The molecular weight excluding hydrogens is 318 g/mol. The molecule has 0 bridgehead atoms. The highest BCUT2D eigenvalue weighted by atomic mass is 16.2. The molecule has 2 saturated heterocycles. The summed E-state index contributed by atoms with van der Waals surface area (Å²) in [6.07, 6.45) is 2.24. The number of likely N-dealkylation sites (tertiary alicyclic amines) is 2. The van der Waals surface area contributed by atoms with Gasteiger partial charge in [0.2, 0.25) is 17.7 Å². The highest BCUT2D eigenvalue weighted by Crippen LogP contribution is 2.19. The third-order valence-corrected chi connectivity index (χ3v) is 5.07. The van der Waals surface area contributed by atoms with Gasteiger partial charge in [-0.2, -0.15) is 0 Å². The molecule has 0 aliphatic carbocycles. The molecule has 1 N–H and O–H groups in total. The molecule has 0 saturated carbocycles. The molecule has 1 aromatic carbocycles. The summed E-state index contributed by atoms with van der Waals surface area (Å²) in [5.41, 5.74) is 1.09. The Labute approximate surface area is 148 Å². The fourth-order valence-corrected chi connectivity index (χ4v) is 3.60. The fourth-order valence-electron chi connectivity index (χ4n) is 3.60. The Morgan fingerprint density at radius 1 is 1.16 bits per heavy atom. The first-order valence-corrected chi connectivity index (χ1v) is 8.93. The Kier molecular flexibility index (Phi) is 5.36. The third-order valence-electron chi connectivity index (χ3n) is 5.07. The zero-order valence-electron chi connectivity index (χ0n) is 14.6. The molecule has 2 aliphatic rings. The summed E-state index contributed by atoms with van der Waals surface area (Å²) in [5, 5.41) is 2.91. The number of piperidine rings is 1.